The SMILES string of the molecule is NC(=O)NCCNCc1ccc(CSC(F)F)o1. The van der Waals surface area contributed by atoms with E-state index in [1.54, 1.807) is 12.1 Å². The first-order valence-corrected chi connectivity index (χ1v) is 6.34. The van der Waals surface area contributed by atoms with Gasteiger partial charge in [0.15, 0.2) is 0 Å². The maximum atomic E-state index is 11.9. The molecule has 0 bridgehead atoms. The van der Waals surface area contributed by atoms with Crippen LogP contribution in [0.15, 0.2) is 16.5 Å². The molecule has 5 nitrogen and oxygen atoms in total. The molecule has 18 heavy (non-hydrogen) atoms. The zero-order chi connectivity index (χ0) is 13.4. The Hall–Kier alpha value is -1.28. The highest BCUT2D eigenvalue weighted by Gasteiger charge is 2.07. The molecule has 0 spiro atoms. The Kier molecular flexibility index (Phi) is 6.51. The molecule has 8 heteroatoms. The monoisotopic (exact) mass is 279 g/mol. The van der Waals surface area contributed by atoms with Crippen molar-refractivity contribution < 1.29 is 18.0 Å². The van der Waals surface area contributed by atoms with Gasteiger partial charge in [0.1, 0.15) is 11.5 Å². The van der Waals surface area contributed by atoms with Gasteiger partial charge >= 0.3 is 6.03 Å². The zero-order valence-corrected chi connectivity index (χ0v) is 10.4. The van der Waals surface area contributed by atoms with Crippen molar-refractivity contribution in [1.29, 1.82) is 0 Å². The van der Waals surface area contributed by atoms with Gasteiger partial charge in [-0.05, 0) is 12.1 Å². The maximum Gasteiger partial charge on any atom is 0.312 e. The normalized spacial score (nSPS) is 10.8. The first-order valence-electron chi connectivity index (χ1n) is 5.29. The molecule has 0 aliphatic carbocycles. The molecule has 0 aliphatic rings. The minimum absolute atomic E-state index is 0.154. The number of nitrogens with one attached hydrogen (secondary N) is 2. The molecular formula is C10H15F2N3O2S. The molecule has 0 saturated carbocycles. The van der Waals surface area contributed by atoms with Crippen LogP contribution in [-0.2, 0) is 12.3 Å². The van der Waals surface area contributed by atoms with Crippen molar-refractivity contribution in [3.8, 4) is 0 Å². The number of carbonyl (C=O) groups excluding carboxylic acids is 1. The van der Waals surface area contributed by atoms with Crippen LogP contribution in [-0.4, -0.2) is 24.9 Å². The van der Waals surface area contributed by atoms with Crippen LogP contribution in [0.5, 0.6) is 0 Å². The highest BCUT2D eigenvalue weighted by atomic mass is 32.2. The average Bonchev–Trinajstić information content (AvgIpc) is 2.73. The van der Waals surface area contributed by atoms with Gasteiger partial charge in [-0.15, -0.1) is 0 Å². The van der Waals surface area contributed by atoms with E-state index in [0.717, 1.165) is 0 Å². The lowest BCUT2D eigenvalue weighted by molar-refractivity contribution is 0.248. The predicted molar refractivity (Wildman–Crippen MR) is 65.3 cm³/mol. The van der Waals surface area contributed by atoms with E-state index in [1.165, 1.54) is 0 Å². The van der Waals surface area contributed by atoms with Crippen LogP contribution >= 0.6 is 11.8 Å². The molecule has 1 aromatic rings. The number of furan rings is 1. The van der Waals surface area contributed by atoms with E-state index < -0.39 is 11.8 Å². The van der Waals surface area contributed by atoms with Crippen LogP contribution in [0.1, 0.15) is 11.5 Å². The van der Waals surface area contributed by atoms with Crippen LogP contribution in [0.25, 0.3) is 0 Å². The molecule has 1 aromatic heterocycles. The van der Waals surface area contributed by atoms with Gasteiger partial charge < -0.3 is 20.8 Å². The summed E-state index contributed by atoms with van der Waals surface area (Å²) in [6.07, 6.45) is 0. The molecule has 0 fully saturated rings. The van der Waals surface area contributed by atoms with Crippen molar-refractivity contribution in [1.82, 2.24) is 10.6 Å². The van der Waals surface area contributed by atoms with Crippen LogP contribution in [0.4, 0.5) is 13.6 Å². The number of rotatable bonds is 8. The predicted octanol–water partition coefficient (Wildman–Crippen LogP) is 1.49. The minimum atomic E-state index is -2.39. The molecule has 102 valence electrons. The van der Waals surface area contributed by atoms with Crippen molar-refractivity contribution >= 4 is 17.8 Å². The van der Waals surface area contributed by atoms with Gasteiger partial charge in [-0.3, -0.25) is 0 Å². The average molecular weight is 279 g/mol. The van der Waals surface area contributed by atoms with Crippen LogP contribution in [0.2, 0.25) is 0 Å². The third-order valence-corrected chi connectivity index (χ3v) is 2.67. The molecular weight excluding hydrogens is 264 g/mol. The highest BCUT2D eigenvalue weighted by molar-refractivity contribution is 7.98. The first kappa shape index (κ1) is 14.8. The maximum absolute atomic E-state index is 11.9. The number of primary amides is 1. The number of alkyl halides is 2. The smallest absolute Gasteiger partial charge is 0.312 e. The number of carbonyl (C=O) groups is 1. The van der Waals surface area contributed by atoms with Crippen LogP contribution in [0, 0.1) is 0 Å². The van der Waals surface area contributed by atoms with Gasteiger partial charge in [0, 0.05) is 13.1 Å². The fraction of sp³-hybridized carbons (Fsp3) is 0.500. The number of hydrogen-bond acceptors (Lipinski definition) is 4. The number of hydrogen-bond donors (Lipinski definition) is 3. The largest absolute Gasteiger partial charge is 0.464 e. The third kappa shape index (κ3) is 6.45. The Balaban J connectivity index is 2.17. The van der Waals surface area contributed by atoms with Gasteiger partial charge in [0.25, 0.3) is 5.76 Å². The van der Waals surface area contributed by atoms with Gasteiger partial charge in [-0.1, -0.05) is 11.8 Å². The Morgan fingerprint density at radius 3 is 2.78 bits per heavy atom. The third-order valence-electron chi connectivity index (χ3n) is 1.97. The molecule has 0 aromatic carbocycles. The zero-order valence-electron chi connectivity index (χ0n) is 9.62. The summed E-state index contributed by atoms with van der Waals surface area (Å²) in [6, 6.07) is 2.84. The number of nitrogens with two attached hydrogens (primary N) is 1. The standard InChI is InChI=1S/C10H15F2N3O2S/c11-9(12)18-6-8-2-1-7(17-8)5-14-3-4-15-10(13)16/h1-2,9,14H,3-6H2,(H3,13,15,16). The van der Waals surface area contributed by atoms with Gasteiger partial charge in [-0.2, -0.15) is 8.78 Å². The Morgan fingerprint density at radius 1 is 1.39 bits per heavy atom. The molecule has 1 heterocycles. The van der Waals surface area contributed by atoms with E-state index in [9.17, 15) is 13.6 Å². The van der Waals surface area contributed by atoms with E-state index in [2.05, 4.69) is 10.6 Å². The van der Waals surface area contributed by atoms with E-state index in [-0.39, 0.29) is 5.75 Å². The van der Waals surface area contributed by atoms with Crippen molar-refractivity contribution in [3.05, 3.63) is 23.7 Å². The van der Waals surface area contributed by atoms with Crippen molar-refractivity contribution in [3.63, 3.8) is 0 Å². The highest BCUT2D eigenvalue weighted by Crippen LogP contribution is 2.21. The lowest BCUT2D eigenvalue weighted by Crippen LogP contribution is -2.35. The van der Waals surface area contributed by atoms with Crippen molar-refractivity contribution in [2.75, 3.05) is 13.1 Å². The lowest BCUT2D eigenvalue weighted by atomic mass is 10.4. The molecule has 0 saturated heterocycles. The summed E-state index contributed by atoms with van der Waals surface area (Å²) in [5, 5.41) is 5.45. The molecule has 0 atom stereocenters. The molecule has 1 rings (SSSR count). The summed E-state index contributed by atoms with van der Waals surface area (Å²) in [5.74, 6) is -1.05. The second-order valence-corrected chi connectivity index (χ2v) is 4.39. The lowest BCUT2D eigenvalue weighted by Gasteiger charge is -2.03. The quantitative estimate of drug-likeness (QED) is 0.630. The summed E-state index contributed by atoms with van der Waals surface area (Å²) in [4.78, 5) is 10.4. The Bertz CT molecular complexity index is 374. The number of urea groups is 1. The molecule has 0 aliphatic heterocycles. The molecule has 2 amide bonds. The van der Waals surface area contributed by atoms with Crippen molar-refractivity contribution in [2.24, 2.45) is 5.73 Å². The van der Waals surface area contributed by atoms with Gasteiger partial charge in [0.2, 0.25) is 0 Å². The van der Waals surface area contributed by atoms with E-state index in [0.29, 0.717) is 42.9 Å². The van der Waals surface area contributed by atoms with Crippen molar-refractivity contribution in [2.45, 2.75) is 18.1 Å². The number of amides is 2. The molecule has 0 radical (unpaired) electrons. The first-order chi connectivity index (χ1) is 8.58. The van der Waals surface area contributed by atoms with Crippen LogP contribution < -0.4 is 16.4 Å². The summed E-state index contributed by atoms with van der Waals surface area (Å²) >= 11 is 0.524. The summed E-state index contributed by atoms with van der Waals surface area (Å²) < 4.78 is 29.2. The van der Waals surface area contributed by atoms with Gasteiger partial charge in [0.05, 0.1) is 12.3 Å². The second kappa shape index (κ2) is 7.93. The second-order valence-electron chi connectivity index (χ2n) is 3.41. The summed E-state index contributed by atoms with van der Waals surface area (Å²) in [7, 11) is 0. The van der Waals surface area contributed by atoms with Crippen LogP contribution in [0.3, 0.4) is 0 Å². The molecule has 4 N–H and O–H groups in total. The number of thioether (sulfide) groups is 1. The number of halogens is 2. The van der Waals surface area contributed by atoms with E-state index >= 15 is 0 Å². The Labute approximate surface area is 107 Å². The summed E-state index contributed by atoms with van der Waals surface area (Å²) in [5.41, 5.74) is 4.89. The minimum Gasteiger partial charge on any atom is -0.464 e. The summed E-state index contributed by atoms with van der Waals surface area (Å²) in [6.45, 7) is 1.44. The van der Waals surface area contributed by atoms with E-state index in [1.807, 2.05) is 0 Å². The van der Waals surface area contributed by atoms with E-state index in [4.69, 9.17) is 10.2 Å². The topological polar surface area (TPSA) is 80.3 Å². The fourth-order valence-electron chi connectivity index (χ4n) is 1.23. The molecule has 0 unspecified atom stereocenters. The Morgan fingerprint density at radius 2 is 2.11 bits per heavy atom. The fourth-order valence-corrected chi connectivity index (χ4v) is 1.67. The van der Waals surface area contributed by atoms with Gasteiger partial charge in [-0.25, -0.2) is 4.79 Å².